The third kappa shape index (κ3) is 1.79. The highest BCUT2D eigenvalue weighted by Crippen LogP contribution is 2.03. The molecule has 1 rings (SSSR count). The zero-order valence-electron chi connectivity index (χ0n) is 6.15. The maximum atomic E-state index is 4.23. The maximum absolute atomic E-state index is 4.23. The van der Waals surface area contributed by atoms with E-state index >= 15 is 0 Å². The molecule has 1 N–H and O–H groups in total. The molecule has 0 aromatic carbocycles. The molecule has 0 saturated heterocycles. The van der Waals surface area contributed by atoms with Gasteiger partial charge < -0.3 is 0 Å². The average Bonchev–Trinajstić information content (AvgIpc) is 1.88. The first-order valence-electron chi connectivity index (χ1n) is 3.56. The summed E-state index contributed by atoms with van der Waals surface area (Å²) in [4.78, 5) is 4.23. The standard InChI is InChI=1S/C7H14N2/c1-3-7-4-6(2)8-5-9-7/h7,9H,3-5H2,1-2H3. The Morgan fingerprint density at radius 1 is 1.78 bits per heavy atom. The van der Waals surface area contributed by atoms with E-state index in [1.807, 2.05) is 0 Å². The number of aliphatic imine (C=N–C) groups is 1. The van der Waals surface area contributed by atoms with Gasteiger partial charge in [-0.25, -0.2) is 0 Å². The molecule has 0 spiro atoms. The first kappa shape index (κ1) is 6.75. The van der Waals surface area contributed by atoms with Gasteiger partial charge in [0.2, 0.25) is 0 Å². The van der Waals surface area contributed by atoms with Crippen LogP contribution >= 0.6 is 0 Å². The number of nitrogens with zero attached hydrogens (tertiary/aromatic N) is 1. The van der Waals surface area contributed by atoms with Gasteiger partial charge in [0.25, 0.3) is 0 Å². The molecule has 9 heavy (non-hydrogen) atoms. The molecule has 0 amide bonds. The van der Waals surface area contributed by atoms with E-state index in [1.165, 1.54) is 12.1 Å². The summed E-state index contributed by atoms with van der Waals surface area (Å²) < 4.78 is 0. The predicted octanol–water partition coefficient (Wildman–Crippen LogP) is 1.18. The summed E-state index contributed by atoms with van der Waals surface area (Å²) in [6.45, 7) is 5.13. The molecule has 1 atom stereocenters. The summed E-state index contributed by atoms with van der Waals surface area (Å²) in [6.07, 6.45) is 2.35. The highest BCUT2D eigenvalue weighted by Gasteiger charge is 2.09. The molecule has 2 nitrogen and oxygen atoms in total. The van der Waals surface area contributed by atoms with E-state index in [-0.39, 0.29) is 0 Å². The lowest BCUT2D eigenvalue weighted by Crippen LogP contribution is -2.34. The molecule has 0 bridgehead atoms. The minimum atomic E-state index is 0.683. The van der Waals surface area contributed by atoms with Gasteiger partial charge in [-0.1, -0.05) is 6.92 Å². The molecule has 0 fully saturated rings. The smallest absolute Gasteiger partial charge is 0.0885 e. The van der Waals surface area contributed by atoms with Crippen LogP contribution in [0.2, 0.25) is 0 Å². The summed E-state index contributed by atoms with van der Waals surface area (Å²) in [7, 11) is 0. The monoisotopic (exact) mass is 126 g/mol. The first-order chi connectivity index (χ1) is 4.33. The fourth-order valence-electron chi connectivity index (χ4n) is 1.09. The molecular formula is C7H14N2. The fraction of sp³-hybridized carbons (Fsp3) is 0.857. The van der Waals surface area contributed by atoms with E-state index in [2.05, 4.69) is 24.2 Å². The van der Waals surface area contributed by atoms with Gasteiger partial charge in [0.1, 0.15) is 0 Å². The Labute approximate surface area is 56.4 Å². The minimum Gasteiger partial charge on any atom is -0.295 e. The van der Waals surface area contributed by atoms with Gasteiger partial charge in [0.05, 0.1) is 6.67 Å². The highest BCUT2D eigenvalue weighted by molar-refractivity contribution is 5.82. The Balaban J connectivity index is 2.39. The lowest BCUT2D eigenvalue weighted by molar-refractivity contribution is 0.502. The van der Waals surface area contributed by atoms with Crippen LogP contribution in [0.4, 0.5) is 0 Å². The van der Waals surface area contributed by atoms with Crippen LogP contribution in [-0.2, 0) is 0 Å². The molecule has 2 heteroatoms. The Hall–Kier alpha value is -0.370. The van der Waals surface area contributed by atoms with E-state index in [4.69, 9.17) is 0 Å². The summed E-state index contributed by atoms with van der Waals surface area (Å²) in [5.41, 5.74) is 1.29. The Kier molecular flexibility index (Phi) is 2.22. The second-order valence-electron chi connectivity index (χ2n) is 2.56. The molecule has 1 aliphatic heterocycles. The normalized spacial score (nSPS) is 27.8. The molecular weight excluding hydrogens is 112 g/mol. The van der Waals surface area contributed by atoms with Crippen molar-refractivity contribution in [1.29, 1.82) is 0 Å². The van der Waals surface area contributed by atoms with Crippen LogP contribution in [-0.4, -0.2) is 18.4 Å². The number of hydrogen-bond acceptors (Lipinski definition) is 2. The van der Waals surface area contributed by atoms with Crippen molar-refractivity contribution in [2.45, 2.75) is 32.7 Å². The number of hydrogen-bond donors (Lipinski definition) is 1. The van der Waals surface area contributed by atoms with Crippen molar-refractivity contribution >= 4 is 5.71 Å². The summed E-state index contributed by atoms with van der Waals surface area (Å²) in [6, 6.07) is 0.683. The zero-order chi connectivity index (χ0) is 6.69. The van der Waals surface area contributed by atoms with Crippen LogP contribution in [0.25, 0.3) is 0 Å². The van der Waals surface area contributed by atoms with Crippen LogP contribution in [0.1, 0.15) is 26.7 Å². The molecule has 0 aromatic rings. The van der Waals surface area contributed by atoms with Crippen molar-refractivity contribution in [3.05, 3.63) is 0 Å². The first-order valence-corrected chi connectivity index (χ1v) is 3.56. The van der Waals surface area contributed by atoms with Gasteiger partial charge in [-0.05, 0) is 13.3 Å². The van der Waals surface area contributed by atoms with Crippen molar-refractivity contribution in [2.75, 3.05) is 6.67 Å². The zero-order valence-corrected chi connectivity index (χ0v) is 6.15. The molecule has 52 valence electrons. The van der Waals surface area contributed by atoms with Crippen LogP contribution in [0.15, 0.2) is 4.99 Å². The van der Waals surface area contributed by atoms with Crippen LogP contribution < -0.4 is 5.32 Å². The van der Waals surface area contributed by atoms with Crippen LogP contribution in [0.5, 0.6) is 0 Å². The van der Waals surface area contributed by atoms with Crippen molar-refractivity contribution in [1.82, 2.24) is 5.32 Å². The summed E-state index contributed by atoms with van der Waals surface area (Å²) >= 11 is 0. The van der Waals surface area contributed by atoms with E-state index < -0.39 is 0 Å². The Morgan fingerprint density at radius 2 is 2.56 bits per heavy atom. The second kappa shape index (κ2) is 2.97. The largest absolute Gasteiger partial charge is 0.295 e. The van der Waals surface area contributed by atoms with Gasteiger partial charge in [0, 0.05) is 18.2 Å². The minimum absolute atomic E-state index is 0.683. The van der Waals surface area contributed by atoms with Gasteiger partial charge in [-0.3, -0.25) is 10.3 Å². The fourth-order valence-corrected chi connectivity index (χ4v) is 1.09. The van der Waals surface area contributed by atoms with Crippen molar-refractivity contribution < 1.29 is 0 Å². The third-order valence-corrected chi connectivity index (χ3v) is 1.76. The molecule has 1 aliphatic rings. The van der Waals surface area contributed by atoms with Gasteiger partial charge in [0.15, 0.2) is 0 Å². The maximum Gasteiger partial charge on any atom is 0.0885 e. The van der Waals surface area contributed by atoms with Gasteiger partial charge >= 0.3 is 0 Å². The SMILES string of the molecule is CCC1CC(C)=NCN1. The quantitative estimate of drug-likeness (QED) is 0.560. The summed E-state index contributed by atoms with van der Waals surface area (Å²) in [5.74, 6) is 0. The Morgan fingerprint density at radius 3 is 3.00 bits per heavy atom. The molecule has 1 unspecified atom stereocenters. The van der Waals surface area contributed by atoms with E-state index in [0.717, 1.165) is 13.1 Å². The molecule has 0 radical (unpaired) electrons. The van der Waals surface area contributed by atoms with E-state index in [9.17, 15) is 0 Å². The van der Waals surface area contributed by atoms with Crippen molar-refractivity contribution in [3.63, 3.8) is 0 Å². The van der Waals surface area contributed by atoms with Gasteiger partial charge in [-0.2, -0.15) is 0 Å². The Bertz CT molecular complexity index is 118. The van der Waals surface area contributed by atoms with Crippen LogP contribution in [0.3, 0.4) is 0 Å². The predicted molar refractivity (Wildman–Crippen MR) is 39.8 cm³/mol. The highest BCUT2D eigenvalue weighted by atomic mass is 15.1. The summed E-state index contributed by atoms with van der Waals surface area (Å²) in [5, 5.41) is 3.31. The van der Waals surface area contributed by atoms with Crippen molar-refractivity contribution in [3.8, 4) is 0 Å². The molecule has 0 aliphatic carbocycles. The molecule has 0 aromatic heterocycles. The average molecular weight is 126 g/mol. The van der Waals surface area contributed by atoms with E-state index in [0.29, 0.717) is 6.04 Å². The van der Waals surface area contributed by atoms with Crippen LogP contribution in [0, 0.1) is 0 Å². The molecule has 1 heterocycles. The van der Waals surface area contributed by atoms with Gasteiger partial charge in [-0.15, -0.1) is 0 Å². The third-order valence-electron chi connectivity index (χ3n) is 1.76. The lowest BCUT2D eigenvalue weighted by Gasteiger charge is -2.19. The van der Waals surface area contributed by atoms with E-state index in [1.54, 1.807) is 0 Å². The number of nitrogens with one attached hydrogen (secondary N) is 1. The second-order valence-corrected chi connectivity index (χ2v) is 2.56. The van der Waals surface area contributed by atoms with Crippen molar-refractivity contribution in [2.24, 2.45) is 4.99 Å². The topological polar surface area (TPSA) is 24.4 Å². The number of rotatable bonds is 1. The molecule has 0 saturated carbocycles. The lowest BCUT2D eigenvalue weighted by atomic mass is 10.1.